The molecule has 1 aliphatic carbocycles. The first-order valence-corrected chi connectivity index (χ1v) is 5.18. The Balaban J connectivity index is 2.73. The van der Waals surface area contributed by atoms with Crippen molar-refractivity contribution in [3.8, 4) is 11.5 Å². The summed E-state index contributed by atoms with van der Waals surface area (Å²) in [6, 6.07) is 3.04. The maximum Gasteiger partial charge on any atom is 0.208 e. The number of carbonyl (C=O) groups is 2. The number of rotatable bonds is 2. The van der Waals surface area contributed by atoms with Gasteiger partial charge in [0.1, 0.15) is 11.5 Å². The summed E-state index contributed by atoms with van der Waals surface area (Å²) >= 11 is 5.70. The van der Waals surface area contributed by atoms with E-state index < -0.39 is 5.78 Å². The first kappa shape index (κ1) is 11.7. The van der Waals surface area contributed by atoms with Gasteiger partial charge in [-0.1, -0.05) is 11.6 Å². The molecule has 5 heteroatoms. The number of hydrogen-bond donors (Lipinski definition) is 0. The average Bonchev–Trinajstić information content (AvgIpc) is 2.34. The van der Waals surface area contributed by atoms with E-state index in [-0.39, 0.29) is 27.7 Å². The van der Waals surface area contributed by atoms with E-state index in [1.165, 1.54) is 20.3 Å². The van der Waals surface area contributed by atoms with Crippen LogP contribution in [-0.2, 0) is 0 Å². The zero-order valence-corrected chi connectivity index (χ0v) is 10.00. The Labute approximate surface area is 103 Å². The minimum atomic E-state index is -0.416. The highest BCUT2D eigenvalue weighted by atomic mass is 35.5. The fourth-order valence-electron chi connectivity index (χ4n) is 1.68. The summed E-state index contributed by atoms with van der Waals surface area (Å²) in [6.45, 7) is 0. The minimum absolute atomic E-state index is 0.106. The summed E-state index contributed by atoms with van der Waals surface area (Å²) in [6.07, 6.45) is 1.10. The first-order valence-electron chi connectivity index (χ1n) is 4.80. The number of ether oxygens (including phenoxy) is 2. The number of allylic oxidation sites excluding steroid dienone is 2. The molecule has 0 fully saturated rings. The number of fused-ring (bicyclic) bond motifs is 1. The van der Waals surface area contributed by atoms with Gasteiger partial charge < -0.3 is 9.47 Å². The van der Waals surface area contributed by atoms with E-state index in [0.29, 0.717) is 5.75 Å². The third kappa shape index (κ3) is 1.80. The first-order chi connectivity index (χ1) is 8.08. The van der Waals surface area contributed by atoms with Gasteiger partial charge in [0, 0.05) is 17.7 Å². The number of carbonyl (C=O) groups excluding carboxylic acids is 2. The van der Waals surface area contributed by atoms with Gasteiger partial charge in [-0.3, -0.25) is 9.59 Å². The van der Waals surface area contributed by atoms with Crippen molar-refractivity contribution in [2.24, 2.45) is 0 Å². The minimum Gasteiger partial charge on any atom is -0.497 e. The molecular formula is C12H9ClO4. The number of hydrogen-bond acceptors (Lipinski definition) is 4. The highest BCUT2D eigenvalue weighted by Crippen LogP contribution is 2.34. The molecule has 0 spiro atoms. The molecule has 0 heterocycles. The SMILES string of the molecule is COc1cc(OC)c2c(c1)C(=O)C=C(Cl)C2=O. The van der Waals surface area contributed by atoms with Crippen LogP contribution in [0.5, 0.6) is 11.5 Å². The van der Waals surface area contributed by atoms with Crippen LogP contribution in [0.4, 0.5) is 0 Å². The second kappa shape index (κ2) is 4.22. The van der Waals surface area contributed by atoms with E-state index in [1.807, 2.05) is 0 Å². The van der Waals surface area contributed by atoms with Crippen molar-refractivity contribution in [2.45, 2.75) is 0 Å². The zero-order valence-electron chi connectivity index (χ0n) is 9.24. The van der Waals surface area contributed by atoms with E-state index in [4.69, 9.17) is 21.1 Å². The maximum absolute atomic E-state index is 11.9. The molecule has 0 atom stereocenters. The van der Waals surface area contributed by atoms with Crippen molar-refractivity contribution in [3.63, 3.8) is 0 Å². The summed E-state index contributed by atoms with van der Waals surface area (Å²) in [4.78, 5) is 23.6. The number of methoxy groups -OCH3 is 2. The molecule has 1 aliphatic rings. The fraction of sp³-hybridized carbons (Fsp3) is 0.167. The fourth-order valence-corrected chi connectivity index (χ4v) is 1.87. The molecule has 0 saturated carbocycles. The summed E-state index contributed by atoms with van der Waals surface area (Å²) < 4.78 is 10.1. The lowest BCUT2D eigenvalue weighted by molar-refractivity contribution is 0.0987. The summed E-state index contributed by atoms with van der Waals surface area (Å²) in [5.74, 6) is -0.0142. The Morgan fingerprint density at radius 1 is 1.12 bits per heavy atom. The molecule has 0 aliphatic heterocycles. The lowest BCUT2D eigenvalue weighted by atomic mass is 9.93. The maximum atomic E-state index is 11.9. The van der Waals surface area contributed by atoms with Crippen molar-refractivity contribution < 1.29 is 19.1 Å². The third-order valence-electron chi connectivity index (χ3n) is 2.50. The topological polar surface area (TPSA) is 52.6 Å². The van der Waals surface area contributed by atoms with Gasteiger partial charge in [0.15, 0.2) is 5.78 Å². The molecule has 0 N–H and O–H groups in total. The molecule has 1 aromatic rings. The Morgan fingerprint density at radius 2 is 1.82 bits per heavy atom. The lowest BCUT2D eigenvalue weighted by Crippen LogP contribution is -2.16. The quantitative estimate of drug-likeness (QED) is 0.810. The summed E-state index contributed by atoms with van der Waals surface area (Å²) in [5, 5.41) is -0.106. The molecular weight excluding hydrogens is 244 g/mol. The number of benzene rings is 1. The smallest absolute Gasteiger partial charge is 0.208 e. The Bertz CT molecular complexity index is 546. The van der Waals surface area contributed by atoms with Crippen molar-refractivity contribution in [3.05, 3.63) is 34.4 Å². The summed E-state index contributed by atoms with van der Waals surface area (Å²) in [5.41, 5.74) is 0.432. The second-order valence-electron chi connectivity index (χ2n) is 3.44. The molecule has 2 rings (SSSR count). The molecule has 0 saturated heterocycles. The van der Waals surface area contributed by atoms with Crippen LogP contribution in [0.25, 0.3) is 0 Å². The van der Waals surface area contributed by atoms with Gasteiger partial charge in [-0.15, -0.1) is 0 Å². The molecule has 4 nitrogen and oxygen atoms in total. The number of Topliss-reactive ketones (excluding diaryl/α,β-unsaturated/α-hetero) is 1. The molecule has 0 radical (unpaired) electrons. The van der Waals surface area contributed by atoms with Crippen LogP contribution in [-0.4, -0.2) is 25.8 Å². The van der Waals surface area contributed by atoms with E-state index in [1.54, 1.807) is 6.07 Å². The average molecular weight is 253 g/mol. The Hall–Kier alpha value is -1.81. The van der Waals surface area contributed by atoms with Gasteiger partial charge in [-0.25, -0.2) is 0 Å². The molecule has 88 valence electrons. The third-order valence-corrected chi connectivity index (χ3v) is 2.78. The zero-order chi connectivity index (χ0) is 12.6. The van der Waals surface area contributed by atoms with Crippen LogP contribution >= 0.6 is 11.6 Å². The van der Waals surface area contributed by atoms with Crippen LogP contribution in [0, 0.1) is 0 Å². The largest absolute Gasteiger partial charge is 0.497 e. The molecule has 17 heavy (non-hydrogen) atoms. The van der Waals surface area contributed by atoms with Crippen molar-refractivity contribution in [1.82, 2.24) is 0 Å². The summed E-state index contributed by atoms with van der Waals surface area (Å²) in [7, 11) is 2.89. The van der Waals surface area contributed by atoms with Gasteiger partial charge in [0.2, 0.25) is 5.78 Å². The Kier molecular flexibility index (Phi) is 2.90. The Morgan fingerprint density at radius 3 is 2.41 bits per heavy atom. The second-order valence-corrected chi connectivity index (χ2v) is 3.85. The van der Waals surface area contributed by atoms with Gasteiger partial charge in [-0.2, -0.15) is 0 Å². The normalized spacial score (nSPS) is 14.2. The van der Waals surface area contributed by atoms with Crippen molar-refractivity contribution in [2.75, 3.05) is 14.2 Å². The predicted octanol–water partition coefficient (Wildman–Crippen LogP) is 2.21. The molecule has 0 amide bonds. The molecule has 0 aromatic heterocycles. The van der Waals surface area contributed by atoms with E-state index in [9.17, 15) is 9.59 Å². The van der Waals surface area contributed by atoms with Crippen molar-refractivity contribution >= 4 is 23.2 Å². The molecule has 0 bridgehead atoms. The van der Waals surface area contributed by atoms with Gasteiger partial charge in [-0.05, 0) is 6.07 Å². The van der Waals surface area contributed by atoms with E-state index in [2.05, 4.69) is 0 Å². The van der Waals surface area contributed by atoms with Crippen LogP contribution in [0.15, 0.2) is 23.2 Å². The monoisotopic (exact) mass is 252 g/mol. The van der Waals surface area contributed by atoms with Gasteiger partial charge in [0.05, 0.1) is 24.8 Å². The van der Waals surface area contributed by atoms with E-state index >= 15 is 0 Å². The molecule has 0 unspecified atom stereocenters. The number of halogens is 1. The van der Waals surface area contributed by atoms with Crippen LogP contribution in [0.1, 0.15) is 20.7 Å². The van der Waals surface area contributed by atoms with Crippen molar-refractivity contribution in [1.29, 1.82) is 0 Å². The van der Waals surface area contributed by atoms with E-state index in [0.717, 1.165) is 6.08 Å². The number of ketones is 2. The van der Waals surface area contributed by atoms with Crippen LogP contribution in [0.3, 0.4) is 0 Å². The van der Waals surface area contributed by atoms with Gasteiger partial charge >= 0.3 is 0 Å². The molecule has 1 aromatic carbocycles. The standard InChI is InChI=1S/C12H9ClO4/c1-16-6-3-7-9(14)5-8(13)12(15)11(7)10(4-6)17-2/h3-5H,1-2H3. The highest BCUT2D eigenvalue weighted by Gasteiger charge is 2.29. The highest BCUT2D eigenvalue weighted by molar-refractivity contribution is 6.49. The van der Waals surface area contributed by atoms with Crippen LogP contribution in [0.2, 0.25) is 0 Å². The van der Waals surface area contributed by atoms with Gasteiger partial charge in [0.25, 0.3) is 0 Å². The predicted molar refractivity (Wildman–Crippen MR) is 62.1 cm³/mol. The van der Waals surface area contributed by atoms with Crippen LogP contribution < -0.4 is 9.47 Å². The lowest BCUT2D eigenvalue weighted by Gasteiger charge is -2.16.